The van der Waals surface area contributed by atoms with Crippen molar-refractivity contribution in [2.24, 2.45) is 28.8 Å². The van der Waals surface area contributed by atoms with Crippen LogP contribution < -0.4 is 0 Å². The quantitative estimate of drug-likeness (QED) is 0.157. The van der Waals surface area contributed by atoms with E-state index in [1.54, 1.807) is 34.6 Å². The van der Waals surface area contributed by atoms with Crippen LogP contribution in [0, 0.1) is 23.7 Å². The van der Waals surface area contributed by atoms with Gasteiger partial charge in [-0.05, 0) is 61.1 Å². The summed E-state index contributed by atoms with van der Waals surface area (Å²) in [5, 5.41) is 47.4. The Kier molecular flexibility index (Phi) is 12.5. The molecule has 42 heavy (non-hydrogen) atoms. The normalized spacial score (nSPS) is 46.0. The summed E-state index contributed by atoms with van der Waals surface area (Å²) in [5.41, 5.74) is -2.96. The Hall–Kier alpha value is -1.67. The second-order valence-electron chi connectivity index (χ2n) is 13.0. The van der Waals surface area contributed by atoms with E-state index in [4.69, 9.17) is 18.9 Å². The lowest BCUT2D eigenvalue weighted by Crippen LogP contribution is -2.60. The van der Waals surface area contributed by atoms with Crippen molar-refractivity contribution in [3.05, 3.63) is 0 Å². The van der Waals surface area contributed by atoms with Gasteiger partial charge in [0.2, 0.25) is 0 Å². The lowest BCUT2D eigenvalue weighted by Gasteiger charge is -2.47. The molecular formula is C30H54N2O10. The van der Waals surface area contributed by atoms with Crippen LogP contribution in [0.3, 0.4) is 0 Å². The molecule has 0 saturated carbocycles. The molecular weight excluding hydrogens is 548 g/mol. The first-order valence-electron chi connectivity index (χ1n) is 14.9. The predicted octanol–water partition coefficient (Wildman–Crippen LogP) is 1.98. The number of hydrogen-bond donors (Lipinski definition) is 4. The summed E-state index contributed by atoms with van der Waals surface area (Å²) in [4.78, 5) is 29.0. The van der Waals surface area contributed by atoms with E-state index in [1.165, 1.54) is 21.0 Å². The van der Waals surface area contributed by atoms with Crippen LogP contribution in [0.4, 0.5) is 0 Å². The van der Waals surface area contributed by atoms with Gasteiger partial charge in [0.05, 0.1) is 29.6 Å². The van der Waals surface area contributed by atoms with Crippen molar-refractivity contribution in [2.45, 2.75) is 129 Å². The third kappa shape index (κ3) is 7.51. The fraction of sp³-hybridized carbons (Fsp3) is 0.900. The van der Waals surface area contributed by atoms with Crippen LogP contribution in [0.1, 0.15) is 74.7 Å². The van der Waals surface area contributed by atoms with Gasteiger partial charge in [-0.3, -0.25) is 9.59 Å². The first kappa shape index (κ1) is 36.5. The Bertz CT molecular complexity index is 958. The lowest BCUT2D eigenvalue weighted by atomic mass is 9.74. The lowest BCUT2D eigenvalue weighted by molar-refractivity contribution is -0.295. The molecule has 13 atom stereocenters. The van der Waals surface area contributed by atoms with Crippen LogP contribution >= 0.6 is 0 Å². The highest BCUT2D eigenvalue weighted by Crippen LogP contribution is 2.38. The summed E-state index contributed by atoms with van der Waals surface area (Å²) in [5.74, 6) is -4.88. The van der Waals surface area contributed by atoms with Crippen molar-refractivity contribution in [1.29, 1.82) is 0 Å². The van der Waals surface area contributed by atoms with Gasteiger partial charge in [-0.25, -0.2) is 0 Å². The number of cyclic esters (lactones) is 1. The number of ketones is 1. The largest absolute Gasteiger partial charge is 0.459 e. The maximum Gasteiger partial charge on any atom is 0.316 e. The average Bonchev–Trinajstić information content (AvgIpc) is 2.93. The molecule has 0 aromatic rings. The van der Waals surface area contributed by atoms with E-state index in [-0.39, 0.29) is 30.7 Å². The second kappa shape index (κ2) is 14.4. The van der Waals surface area contributed by atoms with E-state index in [0.717, 1.165) is 0 Å². The second-order valence-corrected chi connectivity index (χ2v) is 13.0. The number of rotatable bonds is 5. The molecule has 244 valence electrons. The smallest absolute Gasteiger partial charge is 0.316 e. The molecule has 1 unspecified atom stereocenters. The molecule has 12 heteroatoms. The minimum Gasteiger partial charge on any atom is -0.459 e. The highest BCUT2D eigenvalue weighted by Gasteiger charge is 2.51. The van der Waals surface area contributed by atoms with Crippen molar-refractivity contribution >= 4 is 17.5 Å². The van der Waals surface area contributed by atoms with Crippen molar-refractivity contribution in [1.82, 2.24) is 4.90 Å². The zero-order valence-electron chi connectivity index (χ0n) is 27.1. The number of methoxy groups -OCH3 is 1. The summed E-state index contributed by atoms with van der Waals surface area (Å²) in [6, 6.07) is -0.265. The molecule has 2 aliphatic rings. The first-order valence-corrected chi connectivity index (χ1v) is 14.9. The van der Waals surface area contributed by atoms with Gasteiger partial charge in [0.25, 0.3) is 0 Å². The van der Waals surface area contributed by atoms with Crippen LogP contribution in [0.2, 0.25) is 0 Å². The standard InChI is InChI=1S/C30H54N2O10/c1-12-21-30(8,37)25(35)17(4)22(31-38)15(2)14-29(7,39-11)26(18(5)23(33)19(6)27(36)41-21)42-28-24(34)20(32(9)10)13-16(3)40-28/h15-21,24-26,28,34-35,37-38H,12-14H2,1-11H3/b31-22+/t15-,16-,17+,18+,19-,20+,21?,24-,25-,26-,28+,29-,30-/m1/s1. The van der Waals surface area contributed by atoms with Gasteiger partial charge < -0.3 is 44.4 Å². The number of Topliss-reactive ketones (excluding diaryl/α,β-unsaturated/α-hetero) is 1. The third-order valence-electron chi connectivity index (χ3n) is 9.46. The number of aliphatic hydroxyl groups excluding tert-OH is 2. The van der Waals surface area contributed by atoms with Gasteiger partial charge in [-0.15, -0.1) is 0 Å². The Morgan fingerprint density at radius 1 is 1.07 bits per heavy atom. The molecule has 12 nitrogen and oxygen atoms in total. The number of likely N-dealkylation sites (N-methyl/N-ethyl adjacent to an activating group) is 1. The third-order valence-corrected chi connectivity index (χ3v) is 9.46. The van der Waals surface area contributed by atoms with Gasteiger partial charge in [-0.2, -0.15) is 0 Å². The topological polar surface area (TPSA) is 168 Å². The zero-order valence-corrected chi connectivity index (χ0v) is 27.1. The number of aliphatic hydroxyl groups is 3. The van der Waals surface area contributed by atoms with Gasteiger partial charge >= 0.3 is 5.97 Å². The molecule has 4 N–H and O–H groups in total. The summed E-state index contributed by atoms with van der Waals surface area (Å²) >= 11 is 0. The number of hydrogen-bond acceptors (Lipinski definition) is 12. The van der Waals surface area contributed by atoms with Crippen molar-refractivity contribution in [2.75, 3.05) is 21.2 Å². The van der Waals surface area contributed by atoms with Gasteiger partial charge in [0.1, 0.15) is 23.7 Å². The summed E-state index contributed by atoms with van der Waals surface area (Å²) in [6.07, 6.45) is -5.12. The summed E-state index contributed by atoms with van der Waals surface area (Å²) < 4.78 is 24.2. The molecule has 0 amide bonds. The Balaban J connectivity index is 2.66. The highest BCUT2D eigenvalue weighted by molar-refractivity contribution is 6.00. The van der Waals surface area contributed by atoms with Crippen LogP contribution in [-0.2, 0) is 28.5 Å². The Morgan fingerprint density at radius 2 is 1.67 bits per heavy atom. The van der Waals surface area contributed by atoms with Crippen LogP contribution in [0.15, 0.2) is 5.16 Å². The molecule has 0 aliphatic carbocycles. The molecule has 2 heterocycles. The number of carbonyl (C=O) groups is 2. The number of oxime groups is 1. The van der Waals surface area contributed by atoms with E-state index in [9.17, 15) is 30.1 Å². The maximum atomic E-state index is 13.9. The molecule has 2 saturated heterocycles. The zero-order chi connectivity index (χ0) is 32.3. The van der Waals surface area contributed by atoms with Crippen LogP contribution in [-0.4, -0.2) is 118 Å². The molecule has 0 aromatic heterocycles. The molecule has 0 radical (unpaired) electrons. The Morgan fingerprint density at radius 3 is 2.17 bits per heavy atom. The molecule has 0 spiro atoms. The Labute approximate surface area is 250 Å². The van der Waals surface area contributed by atoms with Crippen molar-refractivity contribution < 1.29 is 49.1 Å². The number of carbonyl (C=O) groups excluding carboxylic acids is 2. The van der Waals surface area contributed by atoms with Crippen LogP contribution in [0.5, 0.6) is 0 Å². The monoisotopic (exact) mass is 602 g/mol. The van der Waals surface area contributed by atoms with Crippen LogP contribution in [0.25, 0.3) is 0 Å². The predicted molar refractivity (Wildman–Crippen MR) is 155 cm³/mol. The van der Waals surface area contributed by atoms with E-state index in [1.807, 2.05) is 25.9 Å². The summed E-state index contributed by atoms with van der Waals surface area (Å²) in [7, 11) is 5.18. The first-order chi connectivity index (χ1) is 19.4. The molecule has 0 bridgehead atoms. The van der Waals surface area contributed by atoms with Crippen molar-refractivity contribution in [3.63, 3.8) is 0 Å². The minimum atomic E-state index is -1.91. The SMILES string of the molecule is CCC1OC(=O)[C@H](C)C(=O)[C@H](C)[C@@H](O[C@@H]2O[C@H](C)C[C@H](N(C)C)[C@H]2O)[C@](C)(OC)C[C@@H](C)/C(=N\O)[C@H](C)[C@@H](O)[C@]1(C)O. The molecule has 0 aromatic carbocycles. The fourth-order valence-corrected chi connectivity index (χ4v) is 6.63. The van der Waals surface area contributed by atoms with E-state index in [2.05, 4.69) is 5.16 Å². The molecule has 2 fully saturated rings. The van der Waals surface area contributed by atoms with E-state index >= 15 is 0 Å². The number of nitrogens with zero attached hydrogens (tertiary/aromatic N) is 2. The van der Waals surface area contributed by atoms with Crippen molar-refractivity contribution in [3.8, 4) is 0 Å². The highest BCUT2D eigenvalue weighted by atomic mass is 16.7. The summed E-state index contributed by atoms with van der Waals surface area (Å²) in [6.45, 7) is 13.1. The molecule has 2 rings (SSSR count). The fourth-order valence-electron chi connectivity index (χ4n) is 6.63. The molecule has 2 aliphatic heterocycles. The van der Waals surface area contributed by atoms with Gasteiger partial charge in [-0.1, -0.05) is 32.9 Å². The van der Waals surface area contributed by atoms with E-state index in [0.29, 0.717) is 6.42 Å². The average molecular weight is 603 g/mol. The van der Waals surface area contributed by atoms with Gasteiger partial charge in [0, 0.05) is 30.9 Å². The maximum absolute atomic E-state index is 13.9. The van der Waals surface area contributed by atoms with Gasteiger partial charge in [0.15, 0.2) is 12.1 Å². The number of esters is 1. The van der Waals surface area contributed by atoms with E-state index < -0.39 is 77.3 Å². The number of ether oxygens (including phenoxy) is 4. The minimum absolute atomic E-state index is 0.162.